The molecule has 0 saturated carbocycles. The lowest BCUT2D eigenvalue weighted by Crippen LogP contribution is -2.13. The van der Waals surface area contributed by atoms with Crippen LogP contribution in [0.3, 0.4) is 0 Å². The Morgan fingerprint density at radius 2 is 1.86 bits per heavy atom. The van der Waals surface area contributed by atoms with Gasteiger partial charge in [-0.25, -0.2) is 0 Å². The van der Waals surface area contributed by atoms with Crippen molar-refractivity contribution in [3.63, 3.8) is 0 Å². The Labute approximate surface area is 217 Å². The van der Waals surface area contributed by atoms with E-state index in [0.717, 1.165) is 11.1 Å². The monoisotopic (exact) mass is 549 g/mol. The maximum atomic E-state index is 12.7. The van der Waals surface area contributed by atoms with E-state index < -0.39 is 5.91 Å². The molecule has 3 aromatic rings. The van der Waals surface area contributed by atoms with E-state index in [1.54, 1.807) is 42.5 Å². The average Bonchev–Trinajstić information content (AvgIpc) is 2.85. The van der Waals surface area contributed by atoms with E-state index >= 15 is 0 Å². The minimum absolute atomic E-state index is 0.0959. The summed E-state index contributed by atoms with van der Waals surface area (Å²) in [5.41, 5.74) is 3.11. The molecular weight excluding hydrogens is 530 g/mol. The van der Waals surface area contributed by atoms with Gasteiger partial charge in [0.25, 0.3) is 5.91 Å². The van der Waals surface area contributed by atoms with Gasteiger partial charge in [-0.05, 0) is 61.4 Å². The first-order valence-corrected chi connectivity index (χ1v) is 11.8. The normalized spacial score (nSPS) is 10.7. The molecule has 0 atom stereocenters. The van der Waals surface area contributed by atoms with E-state index in [1.807, 2.05) is 32.0 Å². The summed E-state index contributed by atoms with van der Waals surface area (Å²) < 4.78 is 12.3. The zero-order valence-electron chi connectivity index (χ0n) is 19.1. The number of amides is 1. The summed E-state index contributed by atoms with van der Waals surface area (Å²) in [5, 5.41) is 22.1. The van der Waals surface area contributed by atoms with Gasteiger partial charge >= 0.3 is 0 Å². The second-order valence-electron chi connectivity index (χ2n) is 7.40. The molecule has 0 aliphatic rings. The van der Waals surface area contributed by atoms with Crippen molar-refractivity contribution in [1.29, 1.82) is 10.5 Å². The smallest absolute Gasteiger partial charge is 0.266 e. The van der Waals surface area contributed by atoms with Crippen molar-refractivity contribution in [3.8, 4) is 23.6 Å². The van der Waals surface area contributed by atoms with Gasteiger partial charge in [-0.3, -0.25) is 4.79 Å². The van der Waals surface area contributed by atoms with Gasteiger partial charge < -0.3 is 14.8 Å². The van der Waals surface area contributed by atoms with Crippen LogP contribution in [0, 0.1) is 29.6 Å². The van der Waals surface area contributed by atoms with Crippen LogP contribution in [0.4, 0.5) is 5.69 Å². The van der Waals surface area contributed by atoms with Gasteiger partial charge in [-0.2, -0.15) is 10.5 Å². The Morgan fingerprint density at radius 1 is 1.11 bits per heavy atom. The second-order valence-corrected chi connectivity index (χ2v) is 8.66. The number of carbonyl (C=O) groups is 1. The number of halogens is 2. The molecule has 0 radical (unpaired) electrons. The number of nitrogens with zero attached hydrogens (tertiary/aromatic N) is 2. The molecule has 0 heterocycles. The van der Waals surface area contributed by atoms with Crippen molar-refractivity contribution in [2.75, 3.05) is 11.9 Å². The van der Waals surface area contributed by atoms with Gasteiger partial charge in [0, 0.05) is 20.7 Å². The number of nitrogens with one attached hydrogen (secondary N) is 1. The summed E-state index contributed by atoms with van der Waals surface area (Å²) in [7, 11) is 0. The van der Waals surface area contributed by atoms with Gasteiger partial charge in [-0.15, -0.1) is 0 Å². The van der Waals surface area contributed by atoms with Gasteiger partial charge in [0.1, 0.15) is 18.2 Å². The molecule has 3 aromatic carbocycles. The van der Waals surface area contributed by atoms with Crippen molar-refractivity contribution < 1.29 is 14.3 Å². The highest BCUT2D eigenvalue weighted by Crippen LogP contribution is 2.35. The largest absolute Gasteiger partial charge is 0.490 e. The van der Waals surface area contributed by atoms with Crippen molar-refractivity contribution >= 4 is 45.2 Å². The number of carbonyl (C=O) groups excluding carboxylic acids is 1. The summed E-state index contributed by atoms with van der Waals surface area (Å²) in [6.45, 7) is 4.26. The topological polar surface area (TPSA) is 95.1 Å². The molecule has 3 rings (SSSR count). The van der Waals surface area contributed by atoms with Crippen LogP contribution in [0.15, 0.2) is 64.6 Å². The van der Waals surface area contributed by atoms with Crippen molar-refractivity contribution in [2.45, 2.75) is 20.5 Å². The number of aryl methyl sites for hydroxylation is 1. The van der Waals surface area contributed by atoms with Crippen LogP contribution in [0.5, 0.6) is 11.5 Å². The number of nitriles is 2. The molecule has 35 heavy (non-hydrogen) atoms. The first-order chi connectivity index (χ1) is 16.9. The van der Waals surface area contributed by atoms with Gasteiger partial charge in [0.15, 0.2) is 11.5 Å². The van der Waals surface area contributed by atoms with Crippen molar-refractivity contribution in [1.82, 2.24) is 0 Å². The third-order valence-electron chi connectivity index (χ3n) is 4.98. The molecule has 1 N–H and O–H groups in total. The quantitative estimate of drug-likeness (QED) is 0.246. The van der Waals surface area contributed by atoms with Crippen molar-refractivity contribution in [2.24, 2.45) is 0 Å². The zero-order chi connectivity index (χ0) is 25.4. The first-order valence-electron chi connectivity index (χ1n) is 10.6. The van der Waals surface area contributed by atoms with Crippen LogP contribution in [-0.2, 0) is 11.4 Å². The predicted octanol–water partition coefficient (Wildman–Crippen LogP) is 6.81. The number of hydrogen-bond donors (Lipinski definition) is 1. The van der Waals surface area contributed by atoms with Crippen LogP contribution >= 0.6 is 27.5 Å². The summed E-state index contributed by atoms with van der Waals surface area (Å²) in [4.78, 5) is 12.7. The summed E-state index contributed by atoms with van der Waals surface area (Å²) >= 11 is 9.61. The number of ether oxygens (including phenoxy) is 2. The molecule has 0 spiro atoms. The zero-order valence-corrected chi connectivity index (χ0v) is 21.4. The molecule has 0 saturated heterocycles. The van der Waals surface area contributed by atoms with Crippen LogP contribution < -0.4 is 14.8 Å². The molecule has 0 bridgehead atoms. The fourth-order valence-electron chi connectivity index (χ4n) is 3.13. The number of benzene rings is 3. The van der Waals surface area contributed by atoms with Gasteiger partial charge in [-0.1, -0.05) is 51.8 Å². The van der Waals surface area contributed by atoms with E-state index in [0.29, 0.717) is 44.4 Å². The molecule has 0 aromatic heterocycles. The lowest BCUT2D eigenvalue weighted by Gasteiger charge is -2.15. The van der Waals surface area contributed by atoms with Crippen molar-refractivity contribution in [3.05, 3.63) is 91.9 Å². The Morgan fingerprint density at radius 3 is 2.54 bits per heavy atom. The molecule has 176 valence electrons. The Balaban J connectivity index is 1.87. The van der Waals surface area contributed by atoms with E-state index in [2.05, 4.69) is 27.3 Å². The van der Waals surface area contributed by atoms with Crippen LogP contribution in [0.2, 0.25) is 5.02 Å². The highest BCUT2D eigenvalue weighted by molar-refractivity contribution is 9.10. The van der Waals surface area contributed by atoms with Crippen LogP contribution in [0.25, 0.3) is 6.08 Å². The molecule has 8 heteroatoms. The van der Waals surface area contributed by atoms with E-state index in [9.17, 15) is 15.3 Å². The minimum Gasteiger partial charge on any atom is -0.490 e. The fourth-order valence-corrected chi connectivity index (χ4v) is 3.74. The van der Waals surface area contributed by atoms with E-state index in [4.69, 9.17) is 21.1 Å². The fraction of sp³-hybridized carbons (Fsp3) is 0.148. The standard InChI is InChI=1S/C27H21BrClN3O3/c1-3-34-25-11-20(10-21(15-31)27(33)32-22-9-8-17(2)24(29)12-22)23(28)13-26(25)35-16-19-7-5-4-6-18(19)14-30/h4-13H,3,16H2,1-2H3,(H,32,33)/b21-10-. The molecular formula is C27H21BrClN3O3. The Bertz CT molecular complexity index is 1370. The lowest BCUT2D eigenvalue weighted by atomic mass is 10.1. The maximum absolute atomic E-state index is 12.7. The number of rotatable bonds is 8. The predicted molar refractivity (Wildman–Crippen MR) is 139 cm³/mol. The minimum atomic E-state index is -0.564. The Kier molecular flexibility index (Phi) is 8.92. The summed E-state index contributed by atoms with van der Waals surface area (Å²) in [6, 6.07) is 19.8. The second kappa shape index (κ2) is 12.1. The van der Waals surface area contributed by atoms with Gasteiger partial charge in [0.05, 0.1) is 18.2 Å². The molecule has 0 aliphatic carbocycles. The first kappa shape index (κ1) is 25.8. The SMILES string of the molecule is CCOc1cc(/C=C(/C#N)C(=O)Nc2ccc(C)c(Cl)c2)c(Br)cc1OCc1ccccc1C#N. The number of hydrogen-bond acceptors (Lipinski definition) is 5. The van der Waals surface area contributed by atoms with E-state index in [-0.39, 0.29) is 12.2 Å². The van der Waals surface area contributed by atoms with E-state index in [1.165, 1.54) is 6.08 Å². The van der Waals surface area contributed by atoms with Gasteiger partial charge in [0.2, 0.25) is 0 Å². The molecule has 0 aliphatic heterocycles. The number of anilines is 1. The third kappa shape index (κ3) is 6.64. The van der Waals surface area contributed by atoms with Crippen LogP contribution in [-0.4, -0.2) is 12.5 Å². The lowest BCUT2D eigenvalue weighted by molar-refractivity contribution is -0.112. The molecule has 1 amide bonds. The highest BCUT2D eigenvalue weighted by atomic mass is 79.9. The molecule has 0 unspecified atom stereocenters. The highest BCUT2D eigenvalue weighted by Gasteiger charge is 2.15. The average molecular weight is 551 g/mol. The summed E-state index contributed by atoms with van der Waals surface area (Å²) in [6.07, 6.45) is 1.46. The Hall–Kier alpha value is -3.78. The maximum Gasteiger partial charge on any atom is 0.266 e. The summed E-state index contributed by atoms with van der Waals surface area (Å²) in [5.74, 6) is 0.339. The molecule has 0 fully saturated rings. The third-order valence-corrected chi connectivity index (χ3v) is 6.07. The molecule has 6 nitrogen and oxygen atoms in total. The van der Waals surface area contributed by atoms with Crippen LogP contribution in [0.1, 0.15) is 29.2 Å².